The SMILES string of the molecule is CCOc1ccc(C(C(=O)NC(C)(C)C)N(C(=O)Cn2nnc3ccccc32)c2ccccc2F)cc1OC. The molecule has 1 atom stereocenters. The quantitative estimate of drug-likeness (QED) is 0.336. The van der Waals surface area contributed by atoms with E-state index in [1.54, 1.807) is 36.4 Å². The number of hydrogen-bond acceptors (Lipinski definition) is 6. The maximum absolute atomic E-state index is 15.3. The molecule has 0 bridgehead atoms. The van der Waals surface area contributed by atoms with Gasteiger partial charge in [-0.25, -0.2) is 9.07 Å². The first-order chi connectivity index (χ1) is 18.6. The molecule has 0 aliphatic rings. The van der Waals surface area contributed by atoms with Crippen molar-refractivity contribution in [1.29, 1.82) is 0 Å². The van der Waals surface area contributed by atoms with Gasteiger partial charge in [-0.15, -0.1) is 5.10 Å². The molecule has 1 heterocycles. The molecule has 3 aromatic carbocycles. The zero-order chi connectivity index (χ0) is 28.2. The van der Waals surface area contributed by atoms with Gasteiger partial charge >= 0.3 is 0 Å². The number of methoxy groups -OCH3 is 1. The topological polar surface area (TPSA) is 98.6 Å². The van der Waals surface area contributed by atoms with E-state index in [2.05, 4.69) is 15.6 Å². The van der Waals surface area contributed by atoms with Gasteiger partial charge in [0.05, 0.1) is 24.9 Å². The van der Waals surface area contributed by atoms with E-state index in [1.165, 1.54) is 34.9 Å². The third-order valence-electron chi connectivity index (χ3n) is 5.89. The highest BCUT2D eigenvalue weighted by atomic mass is 19.1. The molecule has 0 saturated heterocycles. The Morgan fingerprint density at radius 3 is 2.46 bits per heavy atom. The monoisotopic (exact) mass is 533 g/mol. The molecule has 2 amide bonds. The number of carbonyl (C=O) groups is 2. The minimum atomic E-state index is -1.24. The van der Waals surface area contributed by atoms with Crippen LogP contribution < -0.4 is 19.7 Å². The van der Waals surface area contributed by atoms with Crippen LogP contribution in [0.4, 0.5) is 10.1 Å². The normalized spacial score (nSPS) is 12.2. The average Bonchev–Trinajstić information content (AvgIpc) is 3.30. The first-order valence-corrected chi connectivity index (χ1v) is 12.6. The number of amides is 2. The zero-order valence-corrected chi connectivity index (χ0v) is 22.6. The minimum Gasteiger partial charge on any atom is -0.493 e. The summed E-state index contributed by atoms with van der Waals surface area (Å²) in [5, 5.41) is 11.2. The van der Waals surface area contributed by atoms with Crippen LogP contribution in [0.25, 0.3) is 11.0 Å². The fourth-order valence-electron chi connectivity index (χ4n) is 4.29. The third kappa shape index (κ3) is 6.17. The van der Waals surface area contributed by atoms with E-state index in [-0.39, 0.29) is 12.2 Å². The minimum absolute atomic E-state index is 0.0474. The van der Waals surface area contributed by atoms with E-state index in [4.69, 9.17) is 9.47 Å². The Morgan fingerprint density at radius 2 is 1.77 bits per heavy atom. The van der Waals surface area contributed by atoms with Crippen molar-refractivity contribution in [2.45, 2.75) is 45.8 Å². The molecule has 0 saturated carbocycles. The summed E-state index contributed by atoms with van der Waals surface area (Å²) < 4.78 is 27.9. The molecule has 39 heavy (non-hydrogen) atoms. The molecule has 0 fully saturated rings. The number of para-hydroxylation sites is 2. The van der Waals surface area contributed by atoms with Gasteiger partial charge in [0.2, 0.25) is 11.8 Å². The highest BCUT2D eigenvalue weighted by molar-refractivity contribution is 6.01. The predicted molar refractivity (Wildman–Crippen MR) is 146 cm³/mol. The highest BCUT2D eigenvalue weighted by Crippen LogP contribution is 2.36. The molecule has 4 aromatic rings. The van der Waals surface area contributed by atoms with Gasteiger partial charge in [-0.1, -0.05) is 35.5 Å². The van der Waals surface area contributed by atoms with Gasteiger partial charge in [0.1, 0.15) is 23.9 Å². The molecule has 10 heteroatoms. The number of carbonyl (C=O) groups excluding carboxylic acids is 2. The van der Waals surface area contributed by atoms with Crippen molar-refractivity contribution in [3.05, 3.63) is 78.1 Å². The van der Waals surface area contributed by atoms with Crippen LogP contribution in [0.15, 0.2) is 66.7 Å². The zero-order valence-electron chi connectivity index (χ0n) is 22.6. The van der Waals surface area contributed by atoms with E-state index >= 15 is 4.39 Å². The summed E-state index contributed by atoms with van der Waals surface area (Å²) in [5.74, 6) is -0.838. The molecule has 9 nitrogen and oxygen atoms in total. The van der Waals surface area contributed by atoms with Crippen molar-refractivity contribution in [2.75, 3.05) is 18.6 Å². The maximum Gasteiger partial charge on any atom is 0.249 e. The first kappa shape index (κ1) is 27.6. The Labute approximate surface area is 226 Å². The predicted octanol–water partition coefficient (Wildman–Crippen LogP) is 4.67. The first-order valence-electron chi connectivity index (χ1n) is 12.6. The largest absolute Gasteiger partial charge is 0.493 e. The Bertz CT molecular complexity index is 1480. The van der Waals surface area contributed by atoms with Gasteiger partial charge in [-0.3, -0.25) is 14.5 Å². The van der Waals surface area contributed by atoms with Crippen molar-refractivity contribution < 1.29 is 23.5 Å². The van der Waals surface area contributed by atoms with E-state index in [0.717, 1.165) is 0 Å². The number of halogens is 1. The van der Waals surface area contributed by atoms with Gasteiger partial charge in [0.25, 0.3) is 0 Å². The molecule has 0 spiro atoms. The summed E-state index contributed by atoms with van der Waals surface area (Å²) in [7, 11) is 1.49. The van der Waals surface area contributed by atoms with Gasteiger partial charge < -0.3 is 14.8 Å². The molecule has 204 valence electrons. The lowest BCUT2D eigenvalue weighted by molar-refractivity contribution is -0.128. The Morgan fingerprint density at radius 1 is 1.05 bits per heavy atom. The summed E-state index contributed by atoms with van der Waals surface area (Å²) in [5.41, 5.74) is 0.987. The number of ether oxygens (including phenoxy) is 2. The molecule has 4 rings (SSSR count). The fourth-order valence-corrected chi connectivity index (χ4v) is 4.29. The summed E-state index contributed by atoms with van der Waals surface area (Å²) in [6, 6.07) is 16.8. The highest BCUT2D eigenvalue weighted by Gasteiger charge is 2.36. The van der Waals surface area contributed by atoms with Crippen molar-refractivity contribution in [1.82, 2.24) is 20.3 Å². The number of nitrogens with one attached hydrogen (secondary N) is 1. The molecular formula is C29H32FN5O4. The van der Waals surface area contributed by atoms with E-state index in [1.807, 2.05) is 39.8 Å². The van der Waals surface area contributed by atoms with E-state index in [0.29, 0.717) is 34.7 Å². The number of anilines is 1. The van der Waals surface area contributed by atoms with Crippen LogP contribution >= 0.6 is 0 Å². The molecular weight excluding hydrogens is 501 g/mol. The van der Waals surface area contributed by atoms with Crippen LogP contribution in [0.2, 0.25) is 0 Å². The molecule has 0 radical (unpaired) electrons. The molecule has 0 aliphatic carbocycles. The number of nitrogens with zero attached hydrogens (tertiary/aromatic N) is 4. The second-order valence-corrected chi connectivity index (χ2v) is 9.94. The lowest BCUT2D eigenvalue weighted by Gasteiger charge is -2.34. The summed E-state index contributed by atoms with van der Waals surface area (Å²) in [4.78, 5) is 29.1. The smallest absolute Gasteiger partial charge is 0.249 e. The van der Waals surface area contributed by atoms with E-state index < -0.39 is 29.2 Å². The molecule has 1 aromatic heterocycles. The van der Waals surface area contributed by atoms with Gasteiger partial charge in [-0.2, -0.15) is 0 Å². The summed E-state index contributed by atoms with van der Waals surface area (Å²) in [6.07, 6.45) is 0. The van der Waals surface area contributed by atoms with Gasteiger partial charge in [0.15, 0.2) is 11.5 Å². The van der Waals surface area contributed by atoms with Crippen LogP contribution in [0.1, 0.15) is 39.3 Å². The standard InChI is InChI=1S/C29H32FN5O4/c1-6-39-24-16-15-19(17-25(24)38-5)27(28(37)31-29(2,3)4)35(22-13-9-7-11-20(22)30)26(36)18-34-23-14-10-8-12-21(23)32-33-34/h7-17,27H,6,18H2,1-5H3,(H,31,37). The number of hydrogen-bond donors (Lipinski definition) is 1. The lowest BCUT2D eigenvalue weighted by Crippen LogP contribution is -2.50. The maximum atomic E-state index is 15.3. The molecule has 1 N–H and O–H groups in total. The lowest BCUT2D eigenvalue weighted by atomic mass is 10.00. The molecule has 1 unspecified atom stereocenters. The average molecular weight is 534 g/mol. The Hall–Kier alpha value is -4.47. The molecule has 0 aliphatic heterocycles. The van der Waals surface area contributed by atoms with Crippen LogP contribution in [0.5, 0.6) is 11.5 Å². The number of benzene rings is 3. The van der Waals surface area contributed by atoms with Crippen molar-refractivity contribution in [2.24, 2.45) is 0 Å². The van der Waals surface area contributed by atoms with Crippen LogP contribution in [-0.2, 0) is 16.1 Å². The number of aromatic nitrogens is 3. The summed E-state index contributed by atoms with van der Waals surface area (Å²) >= 11 is 0. The Balaban J connectivity index is 1.87. The fraction of sp³-hybridized carbons (Fsp3) is 0.310. The van der Waals surface area contributed by atoms with Crippen molar-refractivity contribution in [3.8, 4) is 11.5 Å². The van der Waals surface area contributed by atoms with Crippen molar-refractivity contribution in [3.63, 3.8) is 0 Å². The van der Waals surface area contributed by atoms with Crippen molar-refractivity contribution >= 4 is 28.5 Å². The number of rotatable bonds is 9. The summed E-state index contributed by atoms with van der Waals surface area (Å²) in [6.45, 7) is 7.48. The number of fused-ring (bicyclic) bond motifs is 1. The van der Waals surface area contributed by atoms with Crippen LogP contribution in [0.3, 0.4) is 0 Å². The van der Waals surface area contributed by atoms with E-state index in [9.17, 15) is 9.59 Å². The van der Waals surface area contributed by atoms with Gasteiger partial charge in [0, 0.05) is 5.54 Å². The third-order valence-corrected chi connectivity index (χ3v) is 5.89. The van der Waals surface area contributed by atoms with Crippen LogP contribution in [0, 0.1) is 5.82 Å². The van der Waals surface area contributed by atoms with Gasteiger partial charge in [-0.05, 0) is 69.7 Å². The van der Waals surface area contributed by atoms with Crippen LogP contribution in [-0.4, -0.2) is 46.1 Å². The second kappa shape index (κ2) is 11.5. The second-order valence-electron chi connectivity index (χ2n) is 9.94. The Kier molecular flexibility index (Phi) is 8.13.